The zero-order chi connectivity index (χ0) is 14.9. The van der Waals surface area contributed by atoms with Crippen molar-refractivity contribution in [2.75, 3.05) is 6.61 Å². The molecule has 0 spiro atoms. The molecule has 21 heavy (non-hydrogen) atoms. The summed E-state index contributed by atoms with van der Waals surface area (Å²) in [6.07, 6.45) is 1.84. The molecule has 1 amide bonds. The Morgan fingerprint density at radius 1 is 1.43 bits per heavy atom. The van der Waals surface area contributed by atoms with Crippen LogP contribution in [0.5, 0.6) is 0 Å². The van der Waals surface area contributed by atoms with Gasteiger partial charge >= 0.3 is 0 Å². The summed E-state index contributed by atoms with van der Waals surface area (Å²) in [6, 6.07) is 7.58. The van der Waals surface area contributed by atoms with Crippen molar-refractivity contribution in [1.29, 1.82) is 0 Å². The summed E-state index contributed by atoms with van der Waals surface area (Å²) in [4.78, 5) is 11.7. The van der Waals surface area contributed by atoms with Crippen LogP contribution in [0.25, 0.3) is 0 Å². The smallest absolute Gasteiger partial charge is 0.242 e. The average molecular weight is 285 g/mol. The van der Waals surface area contributed by atoms with Crippen LogP contribution in [0.1, 0.15) is 17.5 Å². The first kappa shape index (κ1) is 14.7. The zero-order valence-corrected chi connectivity index (χ0v) is 11.4. The van der Waals surface area contributed by atoms with Gasteiger partial charge in [-0.3, -0.25) is 4.79 Å². The Hall–Kier alpha value is -2.72. The quantitative estimate of drug-likeness (QED) is 0.737. The minimum absolute atomic E-state index is 0.0554. The lowest BCUT2D eigenvalue weighted by molar-refractivity contribution is -0.122. The molecule has 0 fully saturated rings. The zero-order valence-electron chi connectivity index (χ0n) is 11.4. The highest BCUT2D eigenvalue weighted by Gasteiger charge is 2.03. The molecular formula is C14H15N5O2. The summed E-state index contributed by atoms with van der Waals surface area (Å²) in [5.41, 5.74) is 1.81. The first-order valence-corrected chi connectivity index (χ1v) is 6.44. The van der Waals surface area contributed by atoms with Crippen molar-refractivity contribution in [3.05, 3.63) is 41.7 Å². The Bertz CT molecular complexity index is 643. The molecule has 2 rings (SSSR count). The second kappa shape index (κ2) is 7.77. The molecule has 0 atom stereocenters. The van der Waals surface area contributed by atoms with Gasteiger partial charge in [-0.25, -0.2) is 4.68 Å². The summed E-state index contributed by atoms with van der Waals surface area (Å²) in [5, 5.41) is 22.0. The molecular weight excluding hydrogens is 270 g/mol. The fourth-order valence-electron chi connectivity index (χ4n) is 1.64. The van der Waals surface area contributed by atoms with E-state index in [2.05, 4.69) is 32.7 Å². The molecule has 1 aromatic heterocycles. The van der Waals surface area contributed by atoms with Gasteiger partial charge in [0.2, 0.25) is 5.91 Å². The molecule has 0 aliphatic rings. The number of rotatable bonds is 5. The third-order valence-corrected chi connectivity index (χ3v) is 2.58. The molecule has 108 valence electrons. The van der Waals surface area contributed by atoms with E-state index in [0.717, 1.165) is 11.1 Å². The standard InChI is InChI=1S/C14H15N5O2/c20-7-2-1-4-12-5-3-6-13(8-12)9-15-14(21)10-19-11-16-17-18-19/h3,5-6,8,11,20H,2,7,9-10H2,(H,15,21). The second-order valence-electron chi connectivity index (χ2n) is 4.26. The molecule has 7 heteroatoms. The van der Waals surface area contributed by atoms with E-state index >= 15 is 0 Å². The molecule has 1 heterocycles. The Kier molecular flexibility index (Phi) is 5.43. The van der Waals surface area contributed by atoms with E-state index in [1.165, 1.54) is 11.0 Å². The number of aromatic nitrogens is 4. The number of aliphatic hydroxyl groups is 1. The largest absolute Gasteiger partial charge is 0.395 e. The second-order valence-corrected chi connectivity index (χ2v) is 4.26. The molecule has 2 N–H and O–H groups in total. The predicted molar refractivity (Wildman–Crippen MR) is 74.7 cm³/mol. The normalized spacial score (nSPS) is 9.76. The highest BCUT2D eigenvalue weighted by Crippen LogP contribution is 2.04. The number of benzene rings is 1. The van der Waals surface area contributed by atoms with Gasteiger partial charge in [0.05, 0.1) is 6.61 Å². The number of hydrogen-bond acceptors (Lipinski definition) is 5. The molecule has 0 bridgehead atoms. The number of nitrogens with one attached hydrogen (secondary N) is 1. The number of aliphatic hydroxyl groups excluding tert-OH is 1. The number of amides is 1. The van der Waals surface area contributed by atoms with Crippen molar-refractivity contribution in [2.45, 2.75) is 19.5 Å². The molecule has 1 aromatic carbocycles. The molecule has 0 unspecified atom stereocenters. The van der Waals surface area contributed by atoms with Gasteiger partial charge < -0.3 is 10.4 Å². The lowest BCUT2D eigenvalue weighted by Crippen LogP contribution is -2.27. The summed E-state index contributed by atoms with van der Waals surface area (Å²) in [5.74, 6) is 5.65. The SMILES string of the molecule is O=C(Cn1cnnn1)NCc1cccc(C#CCCO)c1. The Morgan fingerprint density at radius 3 is 3.10 bits per heavy atom. The van der Waals surface area contributed by atoms with Crippen LogP contribution in [0.2, 0.25) is 0 Å². The van der Waals surface area contributed by atoms with E-state index in [9.17, 15) is 4.79 Å². The van der Waals surface area contributed by atoms with Crippen molar-refractivity contribution < 1.29 is 9.90 Å². The van der Waals surface area contributed by atoms with Gasteiger partial charge in [-0.1, -0.05) is 24.0 Å². The van der Waals surface area contributed by atoms with E-state index in [1.807, 2.05) is 24.3 Å². The highest BCUT2D eigenvalue weighted by atomic mass is 16.2. The van der Waals surface area contributed by atoms with Crippen LogP contribution in [-0.2, 0) is 17.9 Å². The van der Waals surface area contributed by atoms with Gasteiger partial charge in [-0.2, -0.15) is 0 Å². The maximum absolute atomic E-state index is 11.7. The van der Waals surface area contributed by atoms with Crippen LogP contribution in [0.15, 0.2) is 30.6 Å². The summed E-state index contributed by atoms with van der Waals surface area (Å²) >= 11 is 0. The topological polar surface area (TPSA) is 92.9 Å². The van der Waals surface area contributed by atoms with Crippen molar-refractivity contribution >= 4 is 5.91 Å². The number of nitrogens with zero attached hydrogens (tertiary/aromatic N) is 4. The highest BCUT2D eigenvalue weighted by molar-refractivity contribution is 5.75. The van der Waals surface area contributed by atoms with Crippen molar-refractivity contribution in [3.63, 3.8) is 0 Å². The fraction of sp³-hybridized carbons (Fsp3) is 0.286. The molecule has 2 aromatic rings. The maximum atomic E-state index is 11.7. The monoisotopic (exact) mass is 285 g/mol. The summed E-state index contributed by atoms with van der Waals surface area (Å²) in [7, 11) is 0. The van der Waals surface area contributed by atoms with Crippen molar-refractivity contribution in [1.82, 2.24) is 25.5 Å². The van der Waals surface area contributed by atoms with Crippen LogP contribution in [0.3, 0.4) is 0 Å². The van der Waals surface area contributed by atoms with Crippen LogP contribution in [-0.4, -0.2) is 37.8 Å². The van der Waals surface area contributed by atoms with Crippen LogP contribution >= 0.6 is 0 Å². The average Bonchev–Trinajstić information content (AvgIpc) is 2.99. The van der Waals surface area contributed by atoms with E-state index in [-0.39, 0.29) is 19.1 Å². The van der Waals surface area contributed by atoms with Crippen LogP contribution in [0, 0.1) is 11.8 Å². The third-order valence-electron chi connectivity index (χ3n) is 2.58. The van der Waals surface area contributed by atoms with Gasteiger partial charge in [0, 0.05) is 18.5 Å². The molecule has 0 radical (unpaired) electrons. The number of tetrazole rings is 1. The number of carbonyl (C=O) groups excluding carboxylic acids is 1. The van der Waals surface area contributed by atoms with Crippen LogP contribution < -0.4 is 5.32 Å². The van der Waals surface area contributed by atoms with Gasteiger partial charge in [0.25, 0.3) is 0 Å². The van der Waals surface area contributed by atoms with E-state index in [4.69, 9.17) is 5.11 Å². The van der Waals surface area contributed by atoms with E-state index < -0.39 is 0 Å². The first-order chi connectivity index (χ1) is 10.3. The van der Waals surface area contributed by atoms with Gasteiger partial charge in [-0.05, 0) is 28.1 Å². The van der Waals surface area contributed by atoms with Gasteiger partial charge in [-0.15, -0.1) is 5.10 Å². The lowest BCUT2D eigenvalue weighted by atomic mass is 10.1. The minimum atomic E-state index is -0.168. The van der Waals surface area contributed by atoms with Crippen molar-refractivity contribution in [3.8, 4) is 11.8 Å². The third kappa shape index (κ3) is 5.04. The molecule has 0 aliphatic carbocycles. The van der Waals surface area contributed by atoms with Gasteiger partial charge in [0.15, 0.2) is 0 Å². The molecule has 0 aliphatic heterocycles. The minimum Gasteiger partial charge on any atom is -0.395 e. The van der Waals surface area contributed by atoms with E-state index in [1.54, 1.807) is 0 Å². The molecule has 0 saturated carbocycles. The summed E-state index contributed by atoms with van der Waals surface area (Å²) in [6.45, 7) is 0.555. The van der Waals surface area contributed by atoms with Crippen molar-refractivity contribution in [2.24, 2.45) is 0 Å². The lowest BCUT2D eigenvalue weighted by Gasteiger charge is -2.05. The number of hydrogen-bond donors (Lipinski definition) is 2. The summed E-state index contributed by atoms with van der Waals surface area (Å²) < 4.78 is 1.35. The first-order valence-electron chi connectivity index (χ1n) is 6.44. The molecule has 0 saturated heterocycles. The van der Waals surface area contributed by atoms with Crippen LogP contribution in [0.4, 0.5) is 0 Å². The van der Waals surface area contributed by atoms with Gasteiger partial charge in [0.1, 0.15) is 12.9 Å². The Labute approximate surface area is 122 Å². The fourth-order valence-corrected chi connectivity index (χ4v) is 1.64. The molecule has 7 nitrogen and oxygen atoms in total. The number of carbonyl (C=O) groups is 1. The van der Waals surface area contributed by atoms with E-state index in [0.29, 0.717) is 13.0 Å². The maximum Gasteiger partial charge on any atom is 0.242 e. The predicted octanol–water partition coefficient (Wildman–Crippen LogP) is -0.277. The Balaban J connectivity index is 1.87. The Morgan fingerprint density at radius 2 is 2.33 bits per heavy atom.